The van der Waals surface area contributed by atoms with Gasteiger partial charge in [-0.15, -0.1) is 0 Å². The van der Waals surface area contributed by atoms with Crippen LogP contribution < -0.4 is 5.32 Å². The molecule has 82 valence electrons. The molecule has 0 aromatic rings. The summed E-state index contributed by atoms with van der Waals surface area (Å²) in [5.41, 5.74) is 0.127. The molecule has 1 heterocycles. The molecule has 15 heavy (non-hydrogen) atoms. The highest BCUT2D eigenvalue weighted by Gasteiger charge is 2.19. The largest absolute Gasteiger partial charge is 0.337 e. The molecule has 1 fully saturated rings. The van der Waals surface area contributed by atoms with Gasteiger partial charge < -0.3 is 10.2 Å². The van der Waals surface area contributed by atoms with E-state index in [1.807, 2.05) is 0 Å². The van der Waals surface area contributed by atoms with E-state index in [1.54, 1.807) is 4.90 Å². The van der Waals surface area contributed by atoms with Crippen molar-refractivity contribution in [1.82, 2.24) is 10.2 Å². The molecule has 0 aromatic heterocycles. The Hall–Kier alpha value is -1.58. The minimum Gasteiger partial charge on any atom is -0.337 e. The maximum atomic E-state index is 11.7. The van der Waals surface area contributed by atoms with Gasteiger partial charge >= 0.3 is 0 Å². The van der Waals surface area contributed by atoms with E-state index in [4.69, 9.17) is 0 Å². The molecule has 0 aliphatic carbocycles. The molecular formula is C11H16N2O2. The number of carbonyl (C=O) groups is 2. The highest BCUT2D eigenvalue weighted by molar-refractivity contribution is 5.99. The lowest BCUT2D eigenvalue weighted by Gasteiger charge is -2.27. The molecule has 1 N–H and O–H groups in total. The van der Waals surface area contributed by atoms with Crippen molar-refractivity contribution < 1.29 is 9.59 Å². The van der Waals surface area contributed by atoms with Crippen LogP contribution in [0.15, 0.2) is 24.9 Å². The molecule has 0 spiro atoms. The van der Waals surface area contributed by atoms with Crippen LogP contribution in [-0.2, 0) is 9.59 Å². The van der Waals surface area contributed by atoms with E-state index >= 15 is 0 Å². The number of nitrogens with one attached hydrogen (secondary N) is 1. The average molecular weight is 208 g/mol. The summed E-state index contributed by atoms with van der Waals surface area (Å²) >= 11 is 0. The van der Waals surface area contributed by atoms with E-state index in [9.17, 15) is 9.59 Å². The van der Waals surface area contributed by atoms with E-state index in [0.717, 1.165) is 38.4 Å². The van der Waals surface area contributed by atoms with E-state index in [2.05, 4.69) is 18.5 Å². The number of hydrogen-bond donors (Lipinski definition) is 1. The molecule has 0 bridgehead atoms. The maximum Gasteiger partial charge on any atom is 0.269 e. The Labute approximate surface area is 89.6 Å². The third-order valence-electron chi connectivity index (χ3n) is 2.36. The Morgan fingerprint density at radius 3 is 2.33 bits per heavy atom. The van der Waals surface area contributed by atoms with Crippen LogP contribution >= 0.6 is 0 Å². The third-order valence-corrected chi connectivity index (χ3v) is 2.36. The Kier molecular flexibility index (Phi) is 4.09. The van der Waals surface area contributed by atoms with Crippen LogP contribution in [0, 0.1) is 0 Å². The highest BCUT2D eigenvalue weighted by atomic mass is 16.2. The normalized spacial score (nSPS) is 15.6. The first-order valence-electron chi connectivity index (χ1n) is 5.06. The first kappa shape index (κ1) is 11.5. The molecule has 4 nitrogen and oxygen atoms in total. The molecule has 0 saturated carbocycles. The first-order valence-corrected chi connectivity index (χ1v) is 5.06. The number of hydrogen-bond acceptors (Lipinski definition) is 2. The van der Waals surface area contributed by atoms with E-state index in [1.165, 1.54) is 0 Å². The van der Waals surface area contributed by atoms with Crippen LogP contribution in [0.25, 0.3) is 0 Å². The molecule has 1 rings (SSSR count). The molecule has 4 heteroatoms. The highest BCUT2D eigenvalue weighted by Crippen LogP contribution is 2.10. The van der Waals surface area contributed by atoms with Gasteiger partial charge in [-0.1, -0.05) is 13.2 Å². The van der Waals surface area contributed by atoms with Crippen molar-refractivity contribution in [2.24, 2.45) is 0 Å². The lowest BCUT2D eigenvalue weighted by molar-refractivity contribution is -0.129. The van der Waals surface area contributed by atoms with Crippen molar-refractivity contribution in [2.75, 3.05) is 13.1 Å². The Bertz CT molecular complexity index is 291. The van der Waals surface area contributed by atoms with Crippen molar-refractivity contribution >= 4 is 11.8 Å². The van der Waals surface area contributed by atoms with Crippen LogP contribution in [0.4, 0.5) is 0 Å². The minimum absolute atomic E-state index is 0.127. The fourth-order valence-electron chi connectivity index (χ4n) is 1.54. The predicted octanol–water partition coefficient (Wildman–Crippen LogP) is 0.815. The van der Waals surface area contributed by atoms with Gasteiger partial charge in [0, 0.05) is 13.1 Å². The van der Waals surface area contributed by atoms with Crippen LogP contribution in [0.5, 0.6) is 0 Å². The topological polar surface area (TPSA) is 49.4 Å². The van der Waals surface area contributed by atoms with E-state index < -0.39 is 5.91 Å². The van der Waals surface area contributed by atoms with Crippen molar-refractivity contribution in [1.29, 1.82) is 0 Å². The van der Waals surface area contributed by atoms with Crippen molar-refractivity contribution in [3.05, 3.63) is 24.9 Å². The van der Waals surface area contributed by atoms with Gasteiger partial charge in [-0.2, -0.15) is 0 Å². The van der Waals surface area contributed by atoms with Gasteiger partial charge in [0.2, 0.25) is 5.91 Å². The standard InChI is InChI=1S/C11H16N2O2/c1-3-10(14)12-9(2)11(15)13-7-5-4-6-8-13/h3H,1-2,4-8H2,(H,12,14). The number of likely N-dealkylation sites (tertiary alicyclic amines) is 1. The van der Waals surface area contributed by atoms with Crippen LogP contribution in [0.1, 0.15) is 19.3 Å². The first-order chi connectivity index (χ1) is 7.15. The Balaban J connectivity index is 2.47. The summed E-state index contributed by atoms with van der Waals surface area (Å²) in [7, 11) is 0. The molecule has 0 atom stereocenters. The molecule has 1 aliphatic rings. The van der Waals surface area contributed by atoms with E-state index in [0.29, 0.717) is 0 Å². The van der Waals surface area contributed by atoms with Gasteiger partial charge in [0.25, 0.3) is 5.91 Å². The fourth-order valence-corrected chi connectivity index (χ4v) is 1.54. The molecule has 0 aromatic carbocycles. The number of nitrogens with zero attached hydrogens (tertiary/aromatic N) is 1. The number of carbonyl (C=O) groups excluding carboxylic acids is 2. The van der Waals surface area contributed by atoms with Gasteiger partial charge in [0.05, 0.1) is 5.70 Å². The second-order valence-electron chi connectivity index (χ2n) is 3.52. The van der Waals surface area contributed by atoms with Gasteiger partial charge in [0.1, 0.15) is 0 Å². The molecule has 2 amide bonds. The van der Waals surface area contributed by atoms with Crippen molar-refractivity contribution in [3.8, 4) is 0 Å². The minimum atomic E-state index is -0.398. The second kappa shape index (κ2) is 5.34. The average Bonchev–Trinajstić information content (AvgIpc) is 2.29. The van der Waals surface area contributed by atoms with Crippen molar-refractivity contribution in [3.63, 3.8) is 0 Å². The number of rotatable bonds is 3. The van der Waals surface area contributed by atoms with Gasteiger partial charge in [-0.05, 0) is 25.3 Å². The monoisotopic (exact) mass is 208 g/mol. The number of piperidine rings is 1. The summed E-state index contributed by atoms with van der Waals surface area (Å²) < 4.78 is 0. The smallest absolute Gasteiger partial charge is 0.269 e. The Morgan fingerprint density at radius 1 is 1.20 bits per heavy atom. The lowest BCUT2D eigenvalue weighted by atomic mass is 10.1. The molecule has 1 saturated heterocycles. The zero-order chi connectivity index (χ0) is 11.3. The SMILES string of the molecule is C=CC(=O)NC(=C)C(=O)N1CCCCC1. The molecule has 0 unspecified atom stereocenters. The molecular weight excluding hydrogens is 192 g/mol. The quantitative estimate of drug-likeness (QED) is 0.698. The van der Waals surface area contributed by atoms with Crippen LogP contribution in [0.2, 0.25) is 0 Å². The lowest BCUT2D eigenvalue weighted by Crippen LogP contribution is -2.40. The van der Waals surface area contributed by atoms with Gasteiger partial charge in [-0.25, -0.2) is 0 Å². The van der Waals surface area contributed by atoms with Crippen LogP contribution in [-0.4, -0.2) is 29.8 Å². The molecule has 1 aliphatic heterocycles. The number of amides is 2. The van der Waals surface area contributed by atoms with Gasteiger partial charge in [-0.3, -0.25) is 9.59 Å². The summed E-state index contributed by atoms with van der Waals surface area (Å²) in [4.78, 5) is 24.4. The summed E-state index contributed by atoms with van der Waals surface area (Å²) in [6, 6.07) is 0. The van der Waals surface area contributed by atoms with Crippen LogP contribution in [0.3, 0.4) is 0 Å². The summed E-state index contributed by atoms with van der Waals surface area (Å²) in [6.45, 7) is 8.36. The predicted molar refractivity (Wildman–Crippen MR) is 57.9 cm³/mol. The third kappa shape index (κ3) is 3.23. The Morgan fingerprint density at radius 2 is 1.80 bits per heavy atom. The fraction of sp³-hybridized carbons (Fsp3) is 0.455. The second-order valence-corrected chi connectivity index (χ2v) is 3.52. The zero-order valence-corrected chi connectivity index (χ0v) is 8.79. The summed E-state index contributed by atoms with van der Waals surface area (Å²) in [5, 5.41) is 2.38. The summed E-state index contributed by atoms with van der Waals surface area (Å²) in [6.07, 6.45) is 4.33. The molecule has 0 radical (unpaired) electrons. The zero-order valence-electron chi connectivity index (χ0n) is 8.79. The summed E-state index contributed by atoms with van der Waals surface area (Å²) in [5.74, 6) is -0.588. The van der Waals surface area contributed by atoms with Gasteiger partial charge in [0.15, 0.2) is 0 Å². The van der Waals surface area contributed by atoms with E-state index in [-0.39, 0.29) is 11.6 Å². The van der Waals surface area contributed by atoms with Crippen molar-refractivity contribution in [2.45, 2.75) is 19.3 Å². The maximum absolute atomic E-state index is 11.7.